The van der Waals surface area contributed by atoms with Gasteiger partial charge in [-0.2, -0.15) is 22.0 Å². The van der Waals surface area contributed by atoms with E-state index in [0.29, 0.717) is 0 Å². The van der Waals surface area contributed by atoms with Crippen molar-refractivity contribution in [2.45, 2.75) is 24.6 Å². The summed E-state index contributed by atoms with van der Waals surface area (Å²) in [5.74, 6) is -4.78. The minimum Gasteiger partial charge on any atom is -0.430 e. The summed E-state index contributed by atoms with van der Waals surface area (Å²) >= 11 is 0. The van der Waals surface area contributed by atoms with Crippen LogP contribution >= 0.6 is 0 Å². The lowest BCUT2D eigenvalue weighted by Gasteiger charge is -2.19. The van der Waals surface area contributed by atoms with Crippen molar-refractivity contribution in [3.63, 3.8) is 0 Å². The van der Waals surface area contributed by atoms with E-state index in [0.717, 1.165) is 0 Å². The van der Waals surface area contributed by atoms with Crippen LogP contribution in [0.15, 0.2) is 0 Å². The Bertz CT molecular complexity index is 278. The molecule has 100 valence electrons. The van der Waals surface area contributed by atoms with Crippen LogP contribution in [0.5, 0.6) is 0 Å². The van der Waals surface area contributed by atoms with Crippen LogP contribution in [-0.4, -0.2) is 44.2 Å². The van der Waals surface area contributed by atoms with E-state index < -0.39 is 37.4 Å². The monoisotopic (exact) mass is 264 g/mol. The molecule has 0 aliphatic carbocycles. The summed E-state index contributed by atoms with van der Waals surface area (Å²) in [5, 5.41) is 0. The van der Waals surface area contributed by atoms with E-state index in [4.69, 9.17) is 0 Å². The highest BCUT2D eigenvalue weighted by molar-refractivity contribution is 5.61. The Balaban J connectivity index is 2.18. The first-order valence-electron chi connectivity index (χ1n) is 4.58. The van der Waals surface area contributed by atoms with Crippen LogP contribution in [-0.2, 0) is 14.2 Å². The van der Waals surface area contributed by atoms with Gasteiger partial charge >= 0.3 is 18.3 Å². The summed E-state index contributed by atoms with van der Waals surface area (Å²) in [6.07, 6.45) is -8.74. The molecule has 0 bridgehead atoms. The number of carbonyl (C=O) groups excluding carboxylic acids is 1. The first-order chi connectivity index (χ1) is 7.72. The van der Waals surface area contributed by atoms with Crippen molar-refractivity contribution in [3.8, 4) is 0 Å². The fourth-order valence-electron chi connectivity index (χ4n) is 1.00. The van der Waals surface area contributed by atoms with Gasteiger partial charge < -0.3 is 14.2 Å². The Morgan fingerprint density at radius 3 is 2.41 bits per heavy atom. The molecule has 1 aliphatic rings. The summed E-state index contributed by atoms with van der Waals surface area (Å²) in [6.45, 7) is -1.17. The molecule has 1 atom stereocenters. The molecule has 9 heteroatoms. The van der Waals surface area contributed by atoms with E-state index in [9.17, 15) is 26.7 Å². The maximum atomic E-state index is 12.4. The third-order valence-corrected chi connectivity index (χ3v) is 1.93. The number of hydrogen-bond donors (Lipinski definition) is 0. The van der Waals surface area contributed by atoms with Crippen molar-refractivity contribution in [2.75, 3.05) is 19.8 Å². The SMILES string of the molecule is O=C1OCC(COCCC(F)(F)C(F)(F)F)O1. The molecule has 0 radical (unpaired) electrons. The van der Waals surface area contributed by atoms with Gasteiger partial charge in [-0.15, -0.1) is 0 Å². The second-order valence-corrected chi connectivity index (χ2v) is 3.33. The smallest absolute Gasteiger partial charge is 0.430 e. The molecule has 0 aromatic carbocycles. The van der Waals surface area contributed by atoms with Crippen LogP contribution in [0.1, 0.15) is 6.42 Å². The number of alkyl halides is 5. The molecular weight excluding hydrogens is 255 g/mol. The summed E-state index contributed by atoms with van der Waals surface area (Å²) < 4.78 is 73.3. The Morgan fingerprint density at radius 1 is 1.29 bits per heavy atom. The number of hydrogen-bond acceptors (Lipinski definition) is 4. The first kappa shape index (κ1) is 13.9. The third-order valence-electron chi connectivity index (χ3n) is 1.93. The van der Waals surface area contributed by atoms with Crippen molar-refractivity contribution in [1.29, 1.82) is 0 Å². The van der Waals surface area contributed by atoms with Crippen molar-refractivity contribution >= 4 is 6.16 Å². The van der Waals surface area contributed by atoms with E-state index in [1.807, 2.05) is 0 Å². The highest BCUT2D eigenvalue weighted by Crippen LogP contribution is 2.37. The van der Waals surface area contributed by atoms with Crippen LogP contribution in [0.25, 0.3) is 0 Å². The van der Waals surface area contributed by atoms with Crippen LogP contribution in [0.4, 0.5) is 26.7 Å². The molecule has 0 amide bonds. The number of halogens is 5. The number of carbonyl (C=O) groups is 1. The minimum atomic E-state index is -5.58. The highest BCUT2D eigenvalue weighted by Gasteiger charge is 2.56. The topological polar surface area (TPSA) is 44.8 Å². The average molecular weight is 264 g/mol. The zero-order valence-electron chi connectivity index (χ0n) is 8.43. The van der Waals surface area contributed by atoms with Crippen molar-refractivity contribution < 1.29 is 41.0 Å². The van der Waals surface area contributed by atoms with Gasteiger partial charge in [-0.1, -0.05) is 0 Å². The predicted molar refractivity (Wildman–Crippen MR) is 42.7 cm³/mol. The summed E-state index contributed by atoms with van der Waals surface area (Å²) in [4.78, 5) is 10.4. The molecule has 1 fully saturated rings. The standard InChI is InChI=1S/C8H9F5O4/c9-7(10,8(11,12)13)1-2-15-3-5-4-16-6(14)17-5/h5H,1-4H2. The lowest BCUT2D eigenvalue weighted by molar-refractivity contribution is -0.287. The second kappa shape index (κ2) is 5.03. The quantitative estimate of drug-likeness (QED) is 0.433. The molecule has 0 aromatic heterocycles. The van der Waals surface area contributed by atoms with Crippen molar-refractivity contribution in [2.24, 2.45) is 0 Å². The van der Waals surface area contributed by atoms with Crippen molar-refractivity contribution in [1.82, 2.24) is 0 Å². The minimum absolute atomic E-state index is 0.103. The van der Waals surface area contributed by atoms with Gasteiger partial charge in [-0.05, 0) is 0 Å². The first-order valence-corrected chi connectivity index (χ1v) is 4.58. The van der Waals surface area contributed by atoms with E-state index in [1.54, 1.807) is 0 Å². The highest BCUT2D eigenvalue weighted by atomic mass is 19.4. The van der Waals surface area contributed by atoms with E-state index >= 15 is 0 Å². The van der Waals surface area contributed by atoms with Gasteiger partial charge in [0, 0.05) is 6.42 Å². The molecule has 0 saturated carbocycles. The summed E-state index contributed by atoms with van der Waals surface area (Å²) in [7, 11) is 0. The molecule has 1 rings (SSSR count). The largest absolute Gasteiger partial charge is 0.508 e. The number of ether oxygens (including phenoxy) is 3. The normalized spacial score (nSPS) is 21.2. The molecule has 4 nitrogen and oxygen atoms in total. The molecule has 1 heterocycles. The molecule has 0 aromatic rings. The maximum absolute atomic E-state index is 12.4. The van der Waals surface area contributed by atoms with E-state index in [1.165, 1.54) is 0 Å². The summed E-state index contributed by atoms with van der Waals surface area (Å²) in [5.41, 5.74) is 0. The lowest BCUT2D eigenvalue weighted by Crippen LogP contribution is -2.37. The molecular formula is C8H9F5O4. The van der Waals surface area contributed by atoms with E-state index in [-0.39, 0.29) is 13.2 Å². The Labute approximate surface area is 92.6 Å². The average Bonchev–Trinajstić information content (AvgIpc) is 2.57. The molecule has 0 N–H and O–H groups in total. The fourth-order valence-corrected chi connectivity index (χ4v) is 1.00. The van der Waals surface area contributed by atoms with Gasteiger partial charge in [0.2, 0.25) is 0 Å². The number of rotatable bonds is 5. The number of cyclic esters (lactones) is 2. The second-order valence-electron chi connectivity index (χ2n) is 3.33. The van der Waals surface area contributed by atoms with Gasteiger partial charge in [0.1, 0.15) is 6.61 Å². The van der Waals surface area contributed by atoms with Crippen LogP contribution in [0, 0.1) is 0 Å². The molecule has 1 aliphatic heterocycles. The van der Waals surface area contributed by atoms with Crippen molar-refractivity contribution in [3.05, 3.63) is 0 Å². The zero-order chi connectivity index (χ0) is 13.1. The molecule has 17 heavy (non-hydrogen) atoms. The van der Waals surface area contributed by atoms with Gasteiger partial charge in [0.15, 0.2) is 6.10 Å². The van der Waals surface area contributed by atoms with Crippen LogP contribution in [0.2, 0.25) is 0 Å². The Hall–Kier alpha value is -1.12. The predicted octanol–water partition coefficient (Wildman–Crippen LogP) is 2.13. The lowest BCUT2D eigenvalue weighted by atomic mass is 10.2. The van der Waals surface area contributed by atoms with Gasteiger partial charge in [0.05, 0.1) is 13.2 Å². The Kier molecular flexibility index (Phi) is 4.12. The van der Waals surface area contributed by atoms with Crippen LogP contribution < -0.4 is 0 Å². The Morgan fingerprint density at radius 2 is 1.94 bits per heavy atom. The van der Waals surface area contributed by atoms with Gasteiger partial charge in [-0.3, -0.25) is 0 Å². The maximum Gasteiger partial charge on any atom is 0.508 e. The fraction of sp³-hybridized carbons (Fsp3) is 0.875. The molecule has 0 spiro atoms. The van der Waals surface area contributed by atoms with Gasteiger partial charge in [0.25, 0.3) is 0 Å². The van der Waals surface area contributed by atoms with E-state index in [2.05, 4.69) is 14.2 Å². The summed E-state index contributed by atoms with van der Waals surface area (Å²) in [6, 6.07) is 0. The molecule has 1 saturated heterocycles. The molecule has 1 unspecified atom stereocenters. The zero-order valence-corrected chi connectivity index (χ0v) is 8.43. The van der Waals surface area contributed by atoms with Gasteiger partial charge in [-0.25, -0.2) is 4.79 Å². The third kappa shape index (κ3) is 3.99. The van der Waals surface area contributed by atoms with Crippen LogP contribution in [0.3, 0.4) is 0 Å².